The van der Waals surface area contributed by atoms with Crippen LogP contribution in [0, 0.1) is 23.7 Å². The molecule has 234 valence electrons. The van der Waals surface area contributed by atoms with E-state index in [1.807, 2.05) is 26.8 Å². The Kier molecular flexibility index (Phi) is 8.20. The van der Waals surface area contributed by atoms with E-state index in [2.05, 4.69) is 15.6 Å². The zero-order valence-corrected chi connectivity index (χ0v) is 25.3. The van der Waals surface area contributed by atoms with Crippen LogP contribution in [0.15, 0.2) is 34.3 Å². The average Bonchev–Trinajstić information content (AvgIpc) is 3.19. The van der Waals surface area contributed by atoms with E-state index in [-0.39, 0.29) is 30.1 Å². The molecule has 13 heteroatoms. The predicted molar refractivity (Wildman–Crippen MR) is 154 cm³/mol. The SMILES string of the molecule is COc1cc2[nH]c(=O)c(C[C@H](NC(=O)C3=C4[C@H](CN3C(=O)[C@@H](NCC(F)(F)F)C(C)(C)C)C4(C)C)C(N)=O)cc2cc1C. The summed E-state index contributed by atoms with van der Waals surface area (Å²) < 4.78 is 44.5. The van der Waals surface area contributed by atoms with Crippen LogP contribution in [0.4, 0.5) is 13.2 Å². The lowest BCUT2D eigenvalue weighted by Gasteiger charge is -2.35. The van der Waals surface area contributed by atoms with Gasteiger partial charge in [-0.25, -0.2) is 0 Å². The van der Waals surface area contributed by atoms with Crippen molar-refractivity contribution in [2.45, 2.75) is 66.2 Å². The smallest absolute Gasteiger partial charge is 0.401 e. The highest BCUT2D eigenvalue weighted by molar-refractivity contribution is 6.03. The van der Waals surface area contributed by atoms with E-state index >= 15 is 0 Å². The molecule has 2 aliphatic rings. The Morgan fingerprint density at radius 1 is 1.19 bits per heavy atom. The van der Waals surface area contributed by atoms with Gasteiger partial charge < -0.3 is 25.7 Å². The van der Waals surface area contributed by atoms with Gasteiger partial charge in [-0.05, 0) is 46.4 Å². The number of halogens is 3. The molecule has 0 spiro atoms. The van der Waals surface area contributed by atoms with Crippen molar-refractivity contribution in [3.8, 4) is 5.75 Å². The monoisotopic (exact) mass is 605 g/mol. The fourth-order valence-electron chi connectivity index (χ4n) is 5.87. The van der Waals surface area contributed by atoms with Gasteiger partial charge in [-0.15, -0.1) is 0 Å². The van der Waals surface area contributed by atoms with Crippen LogP contribution in [0.1, 0.15) is 45.7 Å². The van der Waals surface area contributed by atoms with E-state index in [9.17, 15) is 32.3 Å². The Morgan fingerprint density at radius 3 is 2.40 bits per heavy atom. The Hall–Kier alpha value is -3.87. The number of amides is 3. The van der Waals surface area contributed by atoms with Crippen molar-refractivity contribution in [2.75, 3.05) is 20.2 Å². The summed E-state index contributed by atoms with van der Waals surface area (Å²) in [6.45, 7) is 9.30. The molecule has 4 rings (SSSR count). The maximum atomic E-state index is 13.7. The zero-order chi connectivity index (χ0) is 32.2. The average molecular weight is 606 g/mol. The van der Waals surface area contributed by atoms with E-state index in [0.717, 1.165) is 5.56 Å². The molecular formula is C30H38F3N5O5. The molecule has 1 aromatic heterocycles. The highest BCUT2D eigenvalue weighted by Gasteiger charge is 2.62. The number of nitrogens with zero attached hydrogens (tertiary/aromatic N) is 1. The number of rotatable bonds is 9. The fourth-order valence-corrected chi connectivity index (χ4v) is 5.87. The first kappa shape index (κ1) is 32.1. The Balaban J connectivity index is 1.62. The molecule has 2 heterocycles. The molecule has 3 atom stereocenters. The Labute approximate surface area is 247 Å². The number of benzene rings is 1. The zero-order valence-electron chi connectivity index (χ0n) is 25.3. The third-order valence-electron chi connectivity index (χ3n) is 8.33. The highest BCUT2D eigenvalue weighted by Crippen LogP contribution is 2.63. The van der Waals surface area contributed by atoms with Crippen LogP contribution in [-0.4, -0.2) is 66.1 Å². The summed E-state index contributed by atoms with van der Waals surface area (Å²) in [5.41, 5.74) is 6.08. The number of primary amides is 1. The summed E-state index contributed by atoms with van der Waals surface area (Å²) in [5.74, 6) is -1.90. The summed E-state index contributed by atoms with van der Waals surface area (Å²) >= 11 is 0. The number of aromatic nitrogens is 1. The minimum absolute atomic E-state index is 0.00412. The number of alkyl halides is 3. The molecular weight excluding hydrogens is 567 g/mol. The van der Waals surface area contributed by atoms with Gasteiger partial charge in [0.15, 0.2) is 0 Å². The van der Waals surface area contributed by atoms with Crippen molar-refractivity contribution < 1.29 is 32.3 Å². The number of aromatic amines is 1. The topological polar surface area (TPSA) is 147 Å². The van der Waals surface area contributed by atoms with Crippen molar-refractivity contribution in [1.29, 1.82) is 0 Å². The number of pyridine rings is 1. The van der Waals surface area contributed by atoms with E-state index < -0.39 is 58.9 Å². The summed E-state index contributed by atoms with van der Waals surface area (Å²) in [6.07, 6.45) is -4.77. The van der Waals surface area contributed by atoms with Gasteiger partial charge >= 0.3 is 6.18 Å². The molecule has 1 fully saturated rings. The number of hydrogen-bond donors (Lipinski definition) is 4. The van der Waals surface area contributed by atoms with Crippen LogP contribution >= 0.6 is 0 Å². The van der Waals surface area contributed by atoms with Crippen LogP contribution < -0.4 is 26.7 Å². The molecule has 1 aliphatic carbocycles. The molecule has 0 radical (unpaired) electrons. The minimum atomic E-state index is -4.54. The second-order valence-corrected chi connectivity index (χ2v) is 12.9. The van der Waals surface area contributed by atoms with E-state index in [0.29, 0.717) is 22.2 Å². The maximum Gasteiger partial charge on any atom is 0.401 e. The molecule has 43 heavy (non-hydrogen) atoms. The van der Waals surface area contributed by atoms with Gasteiger partial charge in [-0.1, -0.05) is 34.6 Å². The number of carbonyl (C=O) groups is 3. The summed E-state index contributed by atoms with van der Waals surface area (Å²) in [7, 11) is 1.52. The standard InChI is InChI=1S/C30H38F3N5O5/c1-14-8-15-9-16(25(40)36-18(15)11-20(14)43-7)10-19(24(34)39)37-26(41)22-21-17(29(21,5)6)12-38(22)27(42)23(28(2,3)4)35-13-30(31,32)33/h8-9,11,17,19,23,35H,10,12-13H2,1-7H3,(H2,34,39)(H,36,40)(H,37,41)/t17-,19-,23+/m0/s1. The van der Waals surface area contributed by atoms with Crippen molar-refractivity contribution in [3.63, 3.8) is 0 Å². The number of methoxy groups -OCH3 is 1. The Morgan fingerprint density at radius 2 is 1.84 bits per heavy atom. The van der Waals surface area contributed by atoms with E-state index in [1.165, 1.54) is 12.0 Å². The van der Waals surface area contributed by atoms with Crippen molar-refractivity contribution >= 4 is 28.6 Å². The first-order valence-corrected chi connectivity index (χ1v) is 13.9. The first-order chi connectivity index (χ1) is 19.8. The van der Waals surface area contributed by atoms with Gasteiger partial charge in [0.25, 0.3) is 11.5 Å². The van der Waals surface area contributed by atoms with Crippen LogP contribution in [-0.2, 0) is 20.8 Å². The minimum Gasteiger partial charge on any atom is -0.496 e. The number of hydrogen-bond acceptors (Lipinski definition) is 6. The third kappa shape index (κ3) is 6.41. The van der Waals surface area contributed by atoms with Crippen LogP contribution in [0.5, 0.6) is 5.75 Å². The Bertz CT molecular complexity index is 1570. The van der Waals surface area contributed by atoms with Gasteiger partial charge in [-0.2, -0.15) is 13.2 Å². The van der Waals surface area contributed by atoms with Crippen molar-refractivity contribution in [2.24, 2.45) is 22.5 Å². The third-order valence-corrected chi connectivity index (χ3v) is 8.33. The molecule has 0 bridgehead atoms. The number of nitrogens with two attached hydrogens (primary N) is 1. The predicted octanol–water partition coefficient (Wildman–Crippen LogP) is 2.68. The molecule has 1 aliphatic heterocycles. The first-order valence-electron chi connectivity index (χ1n) is 13.9. The molecule has 5 N–H and O–H groups in total. The molecule has 0 unspecified atom stereocenters. The number of aryl methyl sites for hydroxylation is 1. The molecule has 10 nitrogen and oxygen atoms in total. The molecule has 3 amide bonds. The lowest BCUT2D eigenvalue weighted by Crippen LogP contribution is -2.56. The summed E-state index contributed by atoms with van der Waals surface area (Å²) in [5, 5.41) is 5.59. The van der Waals surface area contributed by atoms with Gasteiger partial charge in [0.05, 0.1) is 25.2 Å². The summed E-state index contributed by atoms with van der Waals surface area (Å²) in [4.78, 5) is 56.8. The van der Waals surface area contributed by atoms with Crippen LogP contribution in [0.3, 0.4) is 0 Å². The quantitative estimate of drug-likeness (QED) is 0.346. The van der Waals surface area contributed by atoms with Gasteiger partial charge in [0, 0.05) is 30.5 Å². The largest absolute Gasteiger partial charge is 0.496 e. The van der Waals surface area contributed by atoms with E-state index in [4.69, 9.17) is 10.5 Å². The number of fused-ring (bicyclic) bond motifs is 2. The van der Waals surface area contributed by atoms with Crippen LogP contribution in [0.2, 0.25) is 0 Å². The van der Waals surface area contributed by atoms with Gasteiger partial charge in [-0.3, -0.25) is 24.5 Å². The number of nitrogens with one attached hydrogen (secondary N) is 3. The van der Waals surface area contributed by atoms with Crippen LogP contribution in [0.25, 0.3) is 10.9 Å². The number of H-pyrrole nitrogens is 1. The summed E-state index contributed by atoms with van der Waals surface area (Å²) in [6, 6.07) is 2.55. The molecule has 0 saturated heterocycles. The van der Waals surface area contributed by atoms with Crippen molar-refractivity contribution in [1.82, 2.24) is 20.5 Å². The van der Waals surface area contributed by atoms with Gasteiger partial charge in [0.1, 0.15) is 17.5 Å². The number of carbonyl (C=O) groups excluding carboxylic acids is 3. The van der Waals surface area contributed by atoms with Crippen molar-refractivity contribution in [3.05, 3.63) is 50.9 Å². The lowest BCUT2D eigenvalue weighted by molar-refractivity contribution is -0.142. The fraction of sp³-hybridized carbons (Fsp3) is 0.533. The second kappa shape index (κ2) is 11.0. The number of ether oxygens (including phenoxy) is 1. The normalized spacial score (nSPS) is 19.2. The lowest BCUT2D eigenvalue weighted by atomic mass is 9.85. The maximum absolute atomic E-state index is 13.7. The molecule has 1 aromatic carbocycles. The van der Waals surface area contributed by atoms with Gasteiger partial charge in [0.2, 0.25) is 11.8 Å². The second-order valence-electron chi connectivity index (χ2n) is 12.9. The molecule has 2 aromatic rings. The highest BCUT2D eigenvalue weighted by atomic mass is 19.4. The molecule has 1 saturated carbocycles. The van der Waals surface area contributed by atoms with E-state index in [1.54, 1.807) is 32.9 Å².